The number of carbonyl (C=O) groups excluding carboxylic acids is 1. The molecule has 0 amide bonds. The second kappa shape index (κ2) is 19.5. The van der Waals surface area contributed by atoms with E-state index in [9.17, 15) is 9.90 Å². The summed E-state index contributed by atoms with van der Waals surface area (Å²) in [7, 11) is 3.76. The number of anilines is 2. The van der Waals surface area contributed by atoms with Gasteiger partial charge in [-0.2, -0.15) is 0 Å². The van der Waals surface area contributed by atoms with E-state index in [1.165, 1.54) is 6.08 Å². The van der Waals surface area contributed by atoms with Gasteiger partial charge in [0.25, 0.3) is 0 Å². The summed E-state index contributed by atoms with van der Waals surface area (Å²) in [5, 5.41) is 11.6. The Balaban J connectivity index is 0.000000453. The molecule has 0 fully saturated rings. The van der Waals surface area contributed by atoms with E-state index in [4.69, 9.17) is 18.7 Å². The fourth-order valence-electron chi connectivity index (χ4n) is 7.74. The minimum atomic E-state index is -0.706. The molecule has 2 heterocycles. The molecule has 1 N–H and O–H groups in total. The van der Waals surface area contributed by atoms with Crippen molar-refractivity contribution < 1.29 is 43.7 Å². The fraction of sp³-hybridized carbons (Fsp3) is 0.280. The SMILES string of the molecule is CCC(CC)C(=O)/C=C(\O)C(CC)CC.[2H]c1c([2H])c([2H])c(-c2cccc(-c3c([2H])c([2H])c([2H])c([2H])c3[2H])c2B2N(C)c3cc4ccnc(-c5[c-]c(C)cc(C)c5)c4cc3N2C)c([2H])c1[2H].[Ir]. The van der Waals surface area contributed by atoms with Gasteiger partial charge in [0.15, 0.2) is 5.78 Å². The molecule has 0 bridgehead atoms. The van der Waals surface area contributed by atoms with Gasteiger partial charge in [-0.15, -0.1) is 34.9 Å². The van der Waals surface area contributed by atoms with Crippen molar-refractivity contribution in [1.29, 1.82) is 0 Å². The Morgan fingerprint density at radius 3 is 1.88 bits per heavy atom. The van der Waals surface area contributed by atoms with Crippen LogP contribution in [0.1, 0.15) is 78.2 Å². The van der Waals surface area contributed by atoms with Crippen LogP contribution in [0.4, 0.5) is 11.4 Å². The van der Waals surface area contributed by atoms with Crippen molar-refractivity contribution in [3.63, 3.8) is 0 Å². The van der Waals surface area contributed by atoms with Crippen LogP contribution in [0.25, 0.3) is 44.3 Å². The topological polar surface area (TPSA) is 56.7 Å². The number of pyridine rings is 1. The molecule has 0 aliphatic carbocycles. The summed E-state index contributed by atoms with van der Waals surface area (Å²) in [6.07, 6.45) is 6.67. The molecule has 57 heavy (non-hydrogen) atoms. The number of carbonyl (C=O) groups is 1. The zero-order valence-corrected chi connectivity index (χ0v) is 36.3. The molecule has 6 aromatic rings. The largest absolute Gasteiger partial charge is 0.512 e. The van der Waals surface area contributed by atoms with E-state index in [2.05, 4.69) is 12.1 Å². The van der Waals surface area contributed by atoms with Crippen molar-refractivity contribution in [3.8, 4) is 33.5 Å². The van der Waals surface area contributed by atoms with Crippen molar-refractivity contribution in [2.24, 2.45) is 11.8 Å². The average molecular weight is 943 g/mol. The third-order valence-electron chi connectivity index (χ3n) is 10.7. The van der Waals surface area contributed by atoms with Gasteiger partial charge >= 0.3 is 6.98 Å². The van der Waals surface area contributed by atoms with Crippen LogP contribution in [0.15, 0.2) is 127 Å². The molecule has 1 aromatic heterocycles. The van der Waals surface area contributed by atoms with Crippen molar-refractivity contribution in [1.82, 2.24) is 4.98 Å². The molecule has 7 heteroatoms. The summed E-state index contributed by atoms with van der Waals surface area (Å²) >= 11 is 0. The van der Waals surface area contributed by atoms with E-state index >= 15 is 0 Å². The van der Waals surface area contributed by atoms with Crippen molar-refractivity contribution in [3.05, 3.63) is 144 Å². The molecule has 0 spiro atoms. The van der Waals surface area contributed by atoms with Gasteiger partial charge in [-0.3, -0.25) is 4.79 Å². The van der Waals surface area contributed by atoms with Gasteiger partial charge in [-0.25, -0.2) is 0 Å². The zero-order chi connectivity index (χ0) is 48.6. The Hall–Kier alpha value is -4.97. The standard InChI is InChI=1S/C37H31BN3.C13H24O2.Ir/c1-25-20-26(2)22-30(21-25)37-33-24-35-34(23-29(33)18-19-39-37)40(3)38(41(35)4)36-31(27-12-7-5-8-13-27)16-11-17-32(36)28-14-9-6-10-15-28;1-5-10(6-2)12(14)9-13(15)11(7-3)8-4;/h5-21,23-24H,1-4H3;9-11,14H,5-8H2,1-4H3;/q-1;;/b;12-9-;/i5D,6D,7D,8D,9D,10D,12D,13D,14D,15D;;. The predicted molar refractivity (Wildman–Crippen MR) is 239 cm³/mol. The van der Waals surface area contributed by atoms with Gasteiger partial charge in [-0.1, -0.05) is 120 Å². The number of aliphatic hydroxyl groups excluding tert-OH is 1. The molecule has 1 aliphatic heterocycles. The summed E-state index contributed by atoms with van der Waals surface area (Å²) < 4.78 is 85.8. The normalized spacial score (nSPS) is 14.9. The monoisotopic (exact) mass is 943 g/mol. The van der Waals surface area contributed by atoms with Gasteiger partial charge in [0, 0.05) is 55.6 Å². The Labute approximate surface area is 368 Å². The molecule has 0 unspecified atom stereocenters. The first-order valence-corrected chi connectivity index (χ1v) is 19.3. The van der Waals surface area contributed by atoms with Gasteiger partial charge in [0.2, 0.25) is 0 Å². The third kappa shape index (κ3) is 9.27. The first-order valence-electron chi connectivity index (χ1n) is 24.3. The molecule has 0 saturated heterocycles. The van der Waals surface area contributed by atoms with Crippen molar-refractivity contribution in [2.45, 2.75) is 67.2 Å². The summed E-state index contributed by atoms with van der Waals surface area (Å²) in [4.78, 5) is 20.4. The van der Waals surface area contributed by atoms with Crippen LogP contribution in [-0.2, 0) is 24.9 Å². The summed E-state index contributed by atoms with van der Waals surface area (Å²) in [5.74, 6) is 0.547. The molecule has 0 atom stereocenters. The molecule has 1 radical (unpaired) electrons. The zero-order valence-electron chi connectivity index (χ0n) is 43.9. The van der Waals surface area contributed by atoms with Crippen LogP contribution in [0.5, 0.6) is 0 Å². The summed E-state index contributed by atoms with van der Waals surface area (Å²) in [5.41, 5.74) is 6.23. The maximum absolute atomic E-state index is 11.7. The van der Waals surface area contributed by atoms with E-state index in [-0.39, 0.29) is 65.7 Å². The van der Waals surface area contributed by atoms with E-state index in [1.54, 1.807) is 24.4 Å². The minimum absolute atomic E-state index is 0. The Bertz CT molecular complexity index is 2740. The number of fused-ring (bicyclic) bond motifs is 2. The minimum Gasteiger partial charge on any atom is -0.512 e. The van der Waals surface area contributed by atoms with E-state index in [0.29, 0.717) is 5.46 Å². The average Bonchev–Trinajstić information content (AvgIpc) is 3.53. The Morgan fingerprint density at radius 2 is 1.35 bits per heavy atom. The number of aliphatic hydroxyl groups is 1. The second-order valence-electron chi connectivity index (χ2n) is 14.3. The maximum Gasteiger partial charge on any atom is 0.412 e. The molecule has 295 valence electrons. The van der Waals surface area contributed by atoms with Gasteiger partial charge in [0.05, 0.1) is 19.5 Å². The van der Waals surface area contributed by atoms with E-state index < -0.39 is 67.4 Å². The molecule has 1 aliphatic rings. The molecule has 7 rings (SSSR count). The molecule has 5 aromatic carbocycles. The van der Waals surface area contributed by atoms with Crippen LogP contribution < -0.4 is 15.1 Å². The van der Waals surface area contributed by atoms with Gasteiger partial charge in [-0.05, 0) is 102 Å². The van der Waals surface area contributed by atoms with Gasteiger partial charge < -0.3 is 19.7 Å². The van der Waals surface area contributed by atoms with Crippen molar-refractivity contribution in [2.75, 3.05) is 23.7 Å². The quantitative estimate of drug-likeness (QED) is 0.0607. The van der Waals surface area contributed by atoms with Gasteiger partial charge in [0.1, 0.15) is 0 Å². The smallest absolute Gasteiger partial charge is 0.412 e. The third-order valence-corrected chi connectivity index (χ3v) is 10.7. The Morgan fingerprint density at radius 1 is 0.807 bits per heavy atom. The first kappa shape index (κ1) is 31.1. The van der Waals surface area contributed by atoms with Crippen LogP contribution in [-0.4, -0.2) is 37.0 Å². The number of allylic oxidation sites excluding steroid dienone is 2. The number of benzene rings is 5. The molecule has 5 nitrogen and oxygen atoms in total. The van der Waals surface area contributed by atoms with Crippen LogP contribution in [0.3, 0.4) is 0 Å². The van der Waals surface area contributed by atoms with Crippen LogP contribution in [0.2, 0.25) is 0 Å². The van der Waals surface area contributed by atoms with Crippen LogP contribution in [0, 0.1) is 31.7 Å². The predicted octanol–water partition coefficient (Wildman–Crippen LogP) is 11.8. The number of rotatable bonds is 11. The van der Waals surface area contributed by atoms with E-state index in [0.717, 1.165) is 70.2 Å². The number of hydrogen-bond donors (Lipinski definition) is 1. The first-order chi connectivity index (χ1) is 31.2. The molecular weight excluding hydrogens is 878 g/mol. The number of ketones is 1. The van der Waals surface area contributed by atoms with Crippen molar-refractivity contribution >= 4 is 40.4 Å². The number of aryl methyl sites for hydroxylation is 2. The Kier molecular flexibility index (Phi) is 10.6. The second-order valence-corrected chi connectivity index (χ2v) is 14.3. The fourth-order valence-corrected chi connectivity index (χ4v) is 7.74. The number of nitrogens with zero attached hydrogens (tertiary/aromatic N) is 3. The maximum atomic E-state index is 11.7. The van der Waals surface area contributed by atoms with E-state index in [1.807, 2.05) is 89.5 Å². The molecule has 0 saturated carbocycles. The van der Waals surface area contributed by atoms with Crippen LogP contribution >= 0.6 is 0 Å². The number of hydrogen-bond acceptors (Lipinski definition) is 5. The summed E-state index contributed by atoms with van der Waals surface area (Å²) in [6.45, 7) is 11.4. The number of aromatic nitrogens is 1. The summed E-state index contributed by atoms with van der Waals surface area (Å²) in [6, 6.07) is 13.8. The molecular formula is C50H55BIrN3O2-.